The molecule has 4 rings (SSSR count). The van der Waals surface area contributed by atoms with Gasteiger partial charge in [0.15, 0.2) is 5.82 Å². The summed E-state index contributed by atoms with van der Waals surface area (Å²) in [6, 6.07) is 1.72. The van der Waals surface area contributed by atoms with Crippen LogP contribution >= 0.6 is 0 Å². The van der Waals surface area contributed by atoms with Crippen molar-refractivity contribution in [3.8, 4) is 0 Å². The third-order valence-electron chi connectivity index (χ3n) is 5.14. The molecule has 0 aliphatic carbocycles. The number of piperidine rings is 1. The highest BCUT2D eigenvalue weighted by Gasteiger charge is 2.27. The van der Waals surface area contributed by atoms with Crippen LogP contribution in [-0.4, -0.2) is 50.4 Å². The first-order valence-corrected chi connectivity index (χ1v) is 9.06. The number of carbonyl (C=O) groups is 1. The monoisotopic (exact) mass is 344 g/mol. The quantitative estimate of drug-likeness (QED) is 0.888. The van der Waals surface area contributed by atoms with Crippen LogP contribution < -0.4 is 5.32 Å². The van der Waals surface area contributed by atoms with Crippen molar-refractivity contribution in [2.45, 2.75) is 51.5 Å². The highest BCUT2D eigenvalue weighted by atomic mass is 16.5. The number of nitrogens with one attached hydrogen (secondary N) is 1. The van der Waals surface area contributed by atoms with Crippen LogP contribution in [0, 0.1) is 6.92 Å². The number of amides is 1. The van der Waals surface area contributed by atoms with Crippen LogP contribution in [0.4, 0.5) is 5.82 Å². The van der Waals surface area contributed by atoms with Crippen molar-refractivity contribution in [1.82, 2.24) is 24.8 Å². The molecular weight excluding hydrogens is 320 g/mol. The fourth-order valence-corrected chi connectivity index (χ4v) is 3.78. The van der Waals surface area contributed by atoms with Crippen molar-refractivity contribution in [1.29, 1.82) is 0 Å². The number of aromatic nitrogens is 4. The zero-order chi connectivity index (χ0) is 17.2. The van der Waals surface area contributed by atoms with Crippen molar-refractivity contribution >= 4 is 11.7 Å². The maximum Gasteiger partial charge on any atom is 0.226 e. The zero-order valence-corrected chi connectivity index (χ0v) is 14.6. The van der Waals surface area contributed by atoms with Crippen LogP contribution in [-0.2, 0) is 17.8 Å². The number of likely N-dealkylation sites (tertiary alicyclic amines) is 1. The Morgan fingerprint density at radius 2 is 2.16 bits per heavy atom. The first-order chi connectivity index (χ1) is 12.2. The van der Waals surface area contributed by atoms with Crippen LogP contribution in [0.1, 0.15) is 49.0 Å². The maximum atomic E-state index is 12.0. The molecule has 1 N–H and O–H groups in total. The van der Waals surface area contributed by atoms with Gasteiger partial charge in [0.05, 0.1) is 0 Å². The van der Waals surface area contributed by atoms with Gasteiger partial charge in [-0.2, -0.15) is 0 Å². The summed E-state index contributed by atoms with van der Waals surface area (Å²) in [6.45, 7) is 5.65. The Bertz CT molecular complexity index is 744. The Kier molecular flexibility index (Phi) is 4.52. The molecule has 25 heavy (non-hydrogen) atoms. The Labute approximate surface area is 146 Å². The van der Waals surface area contributed by atoms with Gasteiger partial charge in [0.25, 0.3) is 0 Å². The summed E-state index contributed by atoms with van der Waals surface area (Å²) in [5.74, 6) is 3.98. The van der Waals surface area contributed by atoms with Crippen LogP contribution in [0.25, 0.3) is 0 Å². The van der Waals surface area contributed by atoms with Gasteiger partial charge in [-0.1, -0.05) is 5.16 Å². The molecule has 0 saturated carbocycles. The normalized spacial score (nSPS) is 18.4. The Morgan fingerprint density at radius 3 is 2.92 bits per heavy atom. The van der Waals surface area contributed by atoms with Crippen LogP contribution in [0.15, 0.2) is 10.6 Å². The summed E-state index contributed by atoms with van der Waals surface area (Å²) in [7, 11) is 0. The van der Waals surface area contributed by atoms with Crippen molar-refractivity contribution in [2.24, 2.45) is 0 Å². The summed E-state index contributed by atoms with van der Waals surface area (Å²) >= 11 is 0. The molecule has 2 aliphatic heterocycles. The van der Waals surface area contributed by atoms with Gasteiger partial charge in [-0.3, -0.25) is 4.79 Å². The number of aryl methyl sites for hydroxylation is 2. The van der Waals surface area contributed by atoms with Gasteiger partial charge in [-0.15, -0.1) is 10.2 Å². The highest BCUT2D eigenvalue weighted by Crippen LogP contribution is 2.29. The lowest BCUT2D eigenvalue weighted by molar-refractivity contribution is -0.116. The van der Waals surface area contributed by atoms with Crippen molar-refractivity contribution < 1.29 is 9.32 Å². The number of carbonyl (C=O) groups excluding carboxylic acids is 1. The predicted octanol–water partition coefficient (Wildman–Crippen LogP) is 1.73. The minimum Gasteiger partial charge on any atom is -0.360 e. The molecule has 1 amide bonds. The van der Waals surface area contributed by atoms with E-state index in [4.69, 9.17) is 4.52 Å². The predicted molar refractivity (Wildman–Crippen MR) is 91.2 cm³/mol. The number of hydrogen-bond donors (Lipinski definition) is 1. The molecular formula is C17H24N6O2. The molecule has 1 fully saturated rings. The average Bonchev–Trinajstić information content (AvgIpc) is 3.31. The topological polar surface area (TPSA) is 89.1 Å². The van der Waals surface area contributed by atoms with Gasteiger partial charge in [0, 0.05) is 37.9 Å². The Balaban J connectivity index is 1.23. The molecule has 2 aromatic rings. The molecule has 8 heteroatoms. The SMILES string of the molecule is Cc1cc(NC(=O)CCN2CCC(c3nnc4n3CCC4)CC2)no1. The number of nitrogens with zero attached hydrogens (tertiary/aromatic N) is 5. The summed E-state index contributed by atoms with van der Waals surface area (Å²) in [6.07, 6.45) is 4.89. The lowest BCUT2D eigenvalue weighted by Gasteiger charge is -2.31. The second-order valence-electron chi connectivity index (χ2n) is 6.97. The van der Waals surface area contributed by atoms with Gasteiger partial charge in [-0.05, 0) is 39.3 Å². The van der Waals surface area contributed by atoms with E-state index in [0.29, 0.717) is 23.9 Å². The molecule has 1 saturated heterocycles. The molecule has 0 atom stereocenters. The second-order valence-corrected chi connectivity index (χ2v) is 6.97. The van der Waals surface area contributed by atoms with E-state index in [0.717, 1.165) is 51.3 Å². The standard InChI is InChI=1S/C17H24N6O2/c1-12-11-14(21-25-12)18-16(24)6-10-22-8-4-13(5-9-22)17-20-19-15-3-2-7-23(15)17/h11,13H,2-10H2,1H3,(H,18,21,24). The zero-order valence-electron chi connectivity index (χ0n) is 14.6. The van der Waals surface area contributed by atoms with E-state index in [2.05, 4.69) is 30.1 Å². The average molecular weight is 344 g/mol. The maximum absolute atomic E-state index is 12.0. The molecule has 0 radical (unpaired) electrons. The van der Waals surface area contributed by atoms with E-state index in [1.54, 1.807) is 13.0 Å². The summed E-state index contributed by atoms with van der Waals surface area (Å²) in [4.78, 5) is 14.4. The van der Waals surface area contributed by atoms with E-state index in [1.165, 1.54) is 12.2 Å². The lowest BCUT2D eigenvalue weighted by atomic mass is 9.96. The number of rotatable bonds is 5. The van der Waals surface area contributed by atoms with Crippen LogP contribution in [0.3, 0.4) is 0 Å². The van der Waals surface area contributed by atoms with E-state index >= 15 is 0 Å². The number of anilines is 1. The van der Waals surface area contributed by atoms with Crippen molar-refractivity contribution in [3.63, 3.8) is 0 Å². The largest absolute Gasteiger partial charge is 0.360 e. The molecule has 134 valence electrons. The molecule has 0 bridgehead atoms. The fourth-order valence-electron chi connectivity index (χ4n) is 3.78. The van der Waals surface area contributed by atoms with Gasteiger partial charge >= 0.3 is 0 Å². The van der Waals surface area contributed by atoms with Crippen molar-refractivity contribution in [3.05, 3.63) is 23.5 Å². The minimum atomic E-state index is -0.0225. The van der Waals surface area contributed by atoms with Crippen LogP contribution in [0.2, 0.25) is 0 Å². The molecule has 0 aromatic carbocycles. The molecule has 2 aliphatic rings. The van der Waals surface area contributed by atoms with Gasteiger partial charge in [0.2, 0.25) is 5.91 Å². The van der Waals surface area contributed by atoms with E-state index in [1.807, 2.05) is 0 Å². The van der Waals surface area contributed by atoms with Gasteiger partial charge < -0.3 is 19.3 Å². The molecule has 0 unspecified atom stereocenters. The fraction of sp³-hybridized carbons (Fsp3) is 0.647. The summed E-state index contributed by atoms with van der Waals surface area (Å²) in [5.41, 5.74) is 0. The van der Waals surface area contributed by atoms with E-state index in [-0.39, 0.29) is 5.91 Å². The summed E-state index contributed by atoms with van der Waals surface area (Å²) in [5, 5.41) is 15.3. The molecule has 2 aromatic heterocycles. The number of fused-ring (bicyclic) bond motifs is 1. The smallest absolute Gasteiger partial charge is 0.226 e. The van der Waals surface area contributed by atoms with E-state index < -0.39 is 0 Å². The molecule has 0 spiro atoms. The van der Waals surface area contributed by atoms with Crippen LogP contribution in [0.5, 0.6) is 0 Å². The first kappa shape index (κ1) is 16.3. The third kappa shape index (κ3) is 3.58. The molecule has 8 nitrogen and oxygen atoms in total. The van der Waals surface area contributed by atoms with Gasteiger partial charge in [-0.25, -0.2) is 0 Å². The Morgan fingerprint density at radius 1 is 1.32 bits per heavy atom. The highest BCUT2D eigenvalue weighted by molar-refractivity contribution is 5.89. The first-order valence-electron chi connectivity index (χ1n) is 9.06. The van der Waals surface area contributed by atoms with Crippen molar-refractivity contribution in [2.75, 3.05) is 25.0 Å². The summed E-state index contributed by atoms with van der Waals surface area (Å²) < 4.78 is 7.26. The van der Waals surface area contributed by atoms with E-state index in [9.17, 15) is 4.79 Å². The lowest BCUT2D eigenvalue weighted by Crippen LogP contribution is -2.35. The number of hydrogen-bond acceptors (Lipinski definition) is 6. The minimum absolute atomic E-state index is 0.0225. The Hall–Kier alpha value is -2.22. The molecule has 4 heterocycles. The van der Waals surface area contributed by atoms with Gasteiger partial charge in [0.1, 0.15) is 17.4 Å². The second kappa shape index (κ2) is 6.95. The third-order valence-corrected chi connectivity index (χ3v) is 5.14.